The largest absolute Gasteiger partial charge is 0.492 e. The molecule has 2 amide bonds. The summed E-state index contributed by atoms with van der Waals surface area (Å²) in [6.45, 7) is 9.86. The molecule has 2 aromatic carbocycles. The van der Waals surface area contributed by atoms with Gasteiger partial charge in [-0.15, -0.1) is 0 Å². The van der Waals surface area contributed by atoms with Gasteiger partial charge in [0, 0.05) is 23.6 Å². The van der Waals surface area contributed by atoms with Crippen LogP contribution in [0.3, 0.4) is 0 Å². The van der Waals surface area contributed by atoms with Gasteiger partial charge in [-0.3, -0.25) is 9.59 Å². The molecule has 1 heterocycles. The topological polar surface area (TPSA) is 121 Å². The van der Waals surface area contributed by atoms with Crippen molar-refractivity contribution in [1.29, 1.82) is 0 Å². The summed E-state index contributed by atoms with van der Waals surface area (Å²) in [5, 5.41) is 5.68. The lowest BCUT2D eigenvalue weighted by atomic mass is 10.1. The maximum Gasteiger partial charge on any atom is 0.419 e. The number of carbonyl (C=O) groups is 3. The number of ether oxygens (including phenoxy) is 3. The summed E-state index contributed by atoms with van der Waals surface area (Å²) in [5.74, 6) is -0.0444. The van der Waals surface area contributed by atoms with Crippen LogP contribution in [0.15, 0.2) is 36.7 Å². The van der Waals surface area contributed by atoms with Crippen LogP contribution in [0.1, 0.15) is 45.0 Å². The molecule has 0 aliphatic rings. The van der Waals surface area contributed by atoms with E-state index in [1.54, 1.807) is 51.1 Å². The average molecular weight is 483 g/mol. The third-order valence-electron chi connectivity index (χ3n) is 4.99. The number of nitrogens with zero attached hydrogens (tertiary/aromatic N) is 2. The summed E-state index contributed by atoms with van der Waals surface area (Å²) in [7, 11) is 0. The number of nitrogens with one attached hydrogen (secondary N) is 2. The smallest absolute Gasteiger partial charge is 0.419 e. The second kappa shape index (κ2) is 11.4. The number of anilines is 2. The molecule has 0 fully saturated rings. The summed E-state index contributed by atoms with van der Waals surface area (Å²) in [6.07, 6.45) is 0.780. The highest BCUT2D eigenvalue weighted by Gasteiger charge is 2.19. The van der Waals surface area contributed by atoms with Gasteiger partial charge in [-0.25, -0.2) is 14.3 Å². The van der Waals surface area contributed by atoms with Crippen molar-refractivity contribution < 1.29 is 28.6 Å². The van der Waals surface area contributed by atoms with Crippen molar-refractivity contribution in [2.75, 3.05) is 30.5 Å². The van der Waals surface area contributed by atoms with E-state index in [0.717, 1.165) is 0 Å². The van der Waals surface area contributed by atoms with Crippen molar-refractivity contribution in [3.8, 4) is 11.5 Å². The van der Waals surface area contributed by atoms with Gasteiger partial charge in [0.15, 0.2) is 0 Å². The number of aromatic nitrogens is 2. The first-order chi connectivity index (χ1) is 16.8. The van der Waals surface area contributed by atoms with Crippen LogP contribution in [0.2, 0.25) is 0 Å². The van der Waals surface area contributed by atoms with Crippen LogP contribution in [0, 0.1) is 5.92 Å². The van der Waals surface area contributed by atoms with Crippen molar-refractivity contribution >= 4 is 40.3 Å². The van der Waals surface area contributed by atoms with Gasteiger partial charge in [-0.1, -0.05) is 13.8 Å². The third kappa shape index (κ3) is 5.89. The van der Waals surface area contributed by atoms with Crippen LogP contribution in [0.25, 0.3) is 11.0 Å². The molecular weight excluding hydrogens is 452 g/mol. The molecule has 0 atom stereocenters. The Bertz CT molecular complexity index is 1230. The summed E-state index contributed by atoms with van der Waals surface area (Å²) >= 11 is 0. The number of amides is 2. The number of fused-ring (bicyclic) bond motifs is 1. The molecule has 35 heavy (non-hydrogen) atoms. The first-order valence-corrected chi connectivity index (χ1v) is 11.5. The van der Waals surface area contributed by atoms with Crippen LogP contribution in [0.4, 0.5) is 16.2 Å². The van der Waals surface area contributed by atoms with E-state index in [2.05, 4.69) is 15.6 Å². The molecule has 0 radical (unpaired) electrons. The molecule has 0 saturated carbocycles. The van der Waals surface area contributed by atoms with Crippen LogP contribution < -0.4 is 20.1 Å². The van der Waals surface area contributed by atoms with E-state index in [1.807, 2.05) is 13.8 Å². The summed E-state index contributed by atoms with van der Waals surface area (Å²) < 4.78 is 17.7. The molecule has 2 N–H and O–H groups in total. The van der Waals surface area contributed by atoms with E-state index in [9.17, 15) is 14.4 Å². The highest BCUT2D eigenvalue weighted by Crippen LogP contribution is 2.37. The van der Waals surface area contributed by atoms with Crippen molar-refractivity contribution in [3.63, 3.8) is 0 Å². The lowest BCUT2D eigenvalue weighted by Gasteiger charge is -2.18. The Balaban J connectivity index is 1.95. The number of benzene rings is 2. The zero-order valence-electron chi connectivity index (χ0n) is 20.5. The van der Waals surface area contributed by atoms with Crippen molar-refractivity contribution in [3.05, 3.63) is 42.2 Å². The molecule has 0 aliphatic carbocycles. The Morgan fingerprint density at radius 2 is 1.54 bits per heavy atom. The Morgan fingerprint density at radius 3 is 2.11 bits per heavy atom. The van der Waals surface area contributed by atoms with Gasteiger partial charge in [0.25, 0.3) is 5.91 Å². The van der Waals surface area contributed by atoms with Gasteiger partial charge in [0.05, 0.1) is 42.2 Å². The number of hydrogen-bond acceptors (Lipinski definition) is 7. The molecule has 0 spiro atoms. The predicted molar refractivity (Wildman–Crippen MR) is 132 cm³/mol. The Kier molecular flexibility index (Phi) is 8.30. The zero-order chi connectivity index (χ0) is 25.5. The van der Waals surface area contributed by atoms with Crippen molar-refractivity contribution in [2.24, 2.45) is 5.92 Å². The molecule has 10 nitrogen and oxygen atoms in total. The Morgan fingerprint density at radius 1 is 0.914 bits per heavy atom. The first kappa shape index (κ1) is 25.5. The van der Waals surface area contributed by atoms with E-state index in [0.29, 0.717) is 52.7 Å². The lowest BCUT2D eigenvalue weighted by molar-refractivity contribution is -0.118. The van der Waals surface area contributed by atoms with Gasteiger partial charge in [-0.2, -0.15) is 0 Å². The van der Waals surface area contributed by atoms with Crippen LogP contribution >= 0.6 is 0 Å². The van der Waals surface area contributed by atoms with Gasteiger partial charge in [-0.05, 0) is 39.0 Å². The summed E-state index contributed by atoms with van der Waals surface area (Å²) in [5.41, 5.74) is 2.13. The molecular formula is C25H30N4O6. The first-order valence-electron chi connectivity index (χ1n) is 11.5. The minimum absolute atomic E-state index is 0.170. The maximum atomic E-state index is 13.1. The van der Waals surface area contributed by atoms with Gasteiger partial charge in [0.2, 0.25) is 5.91 Å². The van der Waals surface area contributed by atoms with Gasteiger partial charge >= 0.3 is 6.09 Å². The number of imidazole rings is 1. The Labute approximate surface area is 203 Å². The van der Waals surface area contributed by atoms with Crippen LogP contribution in [0.5, 0.6) is 11.5 Å². The average Bonchev–Trinajstić information content (AvgIpc) is 3.25. The van der Waals surface area contributed by atoms with E-state index < -0.39 is 12.0 Å². The molecule has 10 heteroatoms. The van der Waals surface area contributed by atoms with Crippen LogP contribution in [-0.4, -0.2) is 47.3 Å². The molecule has 0 bridgehead atoms. The van der Waals surface area contributed by atoms with Crippen LogP contribution in [-0.2, 0) is 9.53 Å². The molecule has 0 unspecified atom stereocenters. The fourth-order valence-electron chi connectivity index (χ4n) is 3.26. The van der Waals surface area contributed by atoms with Crippen molar-refractivity contribution in [1.82, 2.24) is 9.55 Å². The lowest BCUT2D eigenvalue weighted by Crippen LogP contribution is -2.19. The van der Waals surface area contributed by atoms with Gasteiger partial charge < -0.3 is 24.8 Å². The van der Waals surface area contributed by atoms with Gasteiger partial charge in [0.1, 0.15) is 17.8 Å². The fraction of sp³-hybridized carbons (Fsp3) is 0.360. The normalized spacial score (nSPS) is 10.8. The molecule has 1 aromatic heterocycles. The quantitative estimate of drug-likeness (QED) is 0.454. The Hall–Kier alpha value is -4.08. The second-order valence-electron chi connectivity index (χ2n) is 7.83. The third-order valence-corrected chi connectivity index (χ3v) is 4.99. The highest BCUT2D eigenvalue weighted by atomic mass is 16.5. The number of rotatable bonds is 9. The maximum absolute atomic E-state index is 13.1. The predicted octanol–water partition coefficient (Wildman–Crippen LogP) is 4.69. The fourth-order valence-corrected chi connectivity index (χ4v) is 3.26. The van der Waals surface area contributed by atoms with E-state index in [4.69, 9.17) is 14.2 Å². The van der Waals surface area contributed by atoms with E-state index in [-0.39, 0.29) is 18.4 Å². The van der Waals surface area contributed by atoms with E-state index >= 15 is 0 Å². The summed E-state index contributed by atoms with van der Waals surface area (Å²) in [4.78, 5) is 41.8. The monoisotopic (exact) mass is 482 g/mol. The summed E-state index contributed by atoms with van der Waals surface area (Å²) in [6, 6.07) is 8.07. The molecule has 3 rings (SSSR count). The minimum Gasteiger partial charge on any atom is -0.492 e. The number of hydrogen-bond donors (Lipinski definition) is 2. The molecule has 186 valence electrons. The SMILES string of the molecule is CCOC(=O)n1cnc2ccc(C(=O)Nc3cc(OCC)c(NC(=O)C(C)C)cc3OCC)cc21. The molecule has 3 aromatic rings. The standard InChI is InChI=1S/C25H30N4O6/c1-6-33-21-13-19(22(34-7-2)12-18(21)27-23(30)15(4)5)28-24(31)16-9-10-17-20(11-16)29(14-26-17)25(32)35-8-3/h9-15H,6-8H2,1-5H3,(H,27,30)(H,28,31). The zero-order valence-corrected chi connectivity index (χ0v) is 20.5. The molecule has 0 aliphatic heterocycles. The van der Waals surface area contributed by atoms with Crippen molar-refractivity contribution in [2.45, 2.75) is 34.6 Å². The highest BCUT2D eigenvalue weighted by molar-refractivity contribution is 6.07. The number of carbonyl (C=O) groups excluding carboxylic acids is 3. The van der Waals surface area contributed by atoms with E-state index in [1.165, 1.54) is 10.9 Å². The second-order valence-corrected chi connectivity index (χ2v) is 7.83. The minimum atomic E-state index is -0.577. The molecule has 0 saturated heterocycles.